The highest BCUT2D eigenvalue weighted by Gasteiger charge is 2.21. The highest BCUT2D eigenvalue weighted by Crippen LogP contribution is 2.24. The minimum atomic E-state index is -0.649. The molecular weight excluding hydrogens is 236 g/mol. The number of aromatic hydroxyl groups is 1. The molecule has 2 aromatic heterocycles. The molecule has 6 nitrogen and oxygen atoms in total. The third-order valence-electron chi connectivity index (χ3n) is 2.50. The van der Waals surface area contributed by atoms with Gasteiger partial charge in [0.05, 0.1) is 13.5 Å². The quantitative estimate of drug-likeness (QED) is 0.818. The normalized spacial score (nSPS) is 10.6. The Morgan fingerprint density at radius 3 is 2.83 bits per heavy atom. The molecule has 6 heteroatoms. The van der Waals surface area contributed by atoms with Gasteiger partial charge in [-0.15, -0.1) is 0 Å². The van der Waals surface area contributed by atoms with Crippen molar-refractivity contribution in [2.45, 2.75) is 13.3 Å². The van der Waals surface area contributed by atoms with Gasteiger partial charge in [0.1, 0.15) is 22.9 Å². The minimum absolute atomic E-state index is 0.00634. The van der Waals surface area contributed by atoms with Crippen LogP contribution in [0.2, 0.25) is 0 Å². The van der Waals surface area contributed by atoms with Gasteiger partial charge >= 0.3 is 5.97 Å². The van der Waals surface area contributed by atoms with Crippen molar-refractivity contribution in [3.8, 4) is 5.75 Å². The zero-order chi connectivity index (χ0) is 13.3. The average Bonchev–Trinajstić information content (AvgIpc) is 2.68. The van der Waals surface area contributed by atoms with Crippen molar-refractivity contribution in [2.75, 3.05) is 7.11 Å². The van der Waals surface area contributed by atoms with Gasteiger partial charge in [-0.25, -0.2) is 9.78 Å². The fourth-order valence-corrected chi connectivity index (χ4v) is 1.77. The van der Waals surface area contributed by atoms with E-state index in [1.807, 2.05) is 0 Å². The summed E-state index contributed by atoms with van der Waals surface area (Å²) in [4.78, 5) is 26.8. The zero-order valence-electron chi connectivity index (χ0n) is 10.0. The molecule has 0 aromatic carbocycles. The molecule has 0 aliphatic heterocycles. The maximum Gasteiger partial charge on any atom is 0.359 e. The number of aromatic nitrogens is 2. The van der Waals surface area contributed by atoms with Crippen molar-refractivity contribution in [2.24, 2.45) is 0 Å². The summed E-state index contributed by atoms with van der Waals surface area (Å²) < 4.78 is 6.12. The lowest BCUT2D eigenvalue weighted by atomic mass is 10.3. The molecule has 18 heavy (non-hydrogen) atoms. The number of Topliss-reactive ketones (excluding diaryl/α,β-unsaturated/α-hetero) is 1. The second-order valence-corrected chi connectivity index (χ2v) is 3.86. The van der Waals surface area contributed by atoms with Gasteiger partial charge in [-0.1, -0.05) is 0 Å². The fourth-order valence-electron chi connectivity index (χ4n) is 1.77. The van der Waals surface area contributed by atoms with Crippen LogP contribution in [-0.2, 0) is 16.0 Å². The largest absolute Gasteiger partial charge is 0.506 e. The van der Waals surface area contributed by atoms with Crippen LogP contribution in [0.5, 0.6) is 5.75 Å². The number of rotatable bonds is 3. The van der Waals surface area contributed by atoms with Gasteiger partial charge < -0.3 is 9.84 Å². The zero-order valence-corrected chi connectivity index (χ0v) is 10.0. The maximum absolute atomic E-state index is 11.6. The summed E-state index contributed by atoms with van der Waals surface area (Å²) in [5.41, 5.74) is 0.257. The lowest BCUT2D eigenvalue weighted by Gasteiger charge is -2.00. The number of hydrogen-bond acceptors (Lipinski definition) is 5. The van der Waals surface area contributed by atoms with Gasteiger partial charge in [0.25, 0.3) is 0 Å². The number of carbonyl (C=O) groups excluding carboxylic acids is 2. The van der Waals surface area contributed by atoms with Crippen molar-refractivity contribution >= 4 is 17.3 Å². The monoisotopic (exact) mass is 248 g/mol. The molecule has 1 N–H and O–H groups in total. The summed E-state index contributed by atoms with van der Waals surface area (Å²) in [6, 6.07) is 3.05. The van der Waals surface area contributed by atoms with Crippen LogP contribution in [0.3, 0.4) is 0 Å². The first-order valence-corrected chi connectivity index (χ1v) is 5.31. The molecule has 2 rings (SSSR count). The van der Waals surface area contributed by atoms with E-state index in [4.69, 9.17) is 0 Å². The smallest absolute Gasteiger partial charge is 0.359 e. The van der Waals surface area contributed by atoms with E-state index < -0.39 is 5.97 Å². The molecule has 0 radical (unpaired) electrons. The fraction of sp³-hybridized carbons (Fsp3) is 0.250. The summed E-state index contributed by atoms with van der Waals surface area (Å²) in [6.45, 7) is 1.43. The van der Waals surface area contributed by atoms with Crippen LogP contribution >= 0.6 is 0 Å². The molecule has 0 atom stereocenters. The number of hydrogen-bond donors (Lipinski definition) is 1. The molecule has 0 bridgehead atoms. The number of ether oxygens (including phenoxy) is 1. The summed E-state index contributed by atoms with van der Waals surface area (Å²) in [7, 11) is 1.23. The summed E-state index contributed by atoms with van der Waals surface area (Å²) >= 11 is 0. The number of methoxy groups -OCH3 is 1. The van der Waals surface area contributed by atoms with E-state index in [1.165, 1.54) is 24.5 Å². The van der Waals surface area contributed by atoms with E-state index in [-0.39, 0.29) is 29.2 Å². The number of ketones is 1. The van der Waals surface area contributed by atoms with Crippen molar-refractivity contribution < 1.29 is 19.4 Å². The SMILES string of the molecule is COC(=O)c1nc(CC(C)=O)n2cccc(O)c12. The van der Waals surface area contributed by atoms with Crippen LogP contribution in [0, 0.1) is 0 Å². The Morgan fingerprint density at radius 1 is 1.50 bits per heavy atom. The molecule has 2 heterocycles. The Balaban J connectivity index is 2.71. The molecule has 2 aromatic rings. The molecule has 0 unspecified atom stereocenters. The lowest BCUT2D eigenvalue weighted by molar-refractivity contribution is -0.116. The van der Waals surface area contributed by atoms with Crippen LogP contribution in [0.4, 0.5) is 0 Å². The van der Waals surface area contributed by atoms with Gasteiger partial charge in [-0.3, -0.25) is 9.20 Å². The first-order valence-electron chi connectivity index (χ1n) is 5.31. The number of fused-ring (bicyclic) bond motifs is 1. The average molecular weight is 248 g/mol. The predicted octanol–water partition coefficient (Wildman–Crippen LogP) is 0.958. The Morgan fingerprint density at radius 2 is 2.22 bits per heavy atom. The highest BCUT2D eigenvalue weighted by atomic mass is 16.5. The van der Waals surface area contributed by atoms with Gasteiger partial charge in [-0.2, -0.15) is 0 Å². The van der Waals surface area contributed by atoms with Crippen LogP contribution in [-0.4, -0.2) is 33.4 Å². The second-order valence-electron chi connectivity index (χ2n) is 3.86. The van der Waals surface area contributed by atoms with Crippen molar-refractivity contribution in [3.63, 3.8) is 0 Å². The second kappa shape index (κ2) is 4.48. The minimum Gasteiger partial charge on any atom is -0.506 e. The summed E-state index contributed by atoms with van der Waals surface area (Å²) in [5.74, 6) is -0.417. The maximum atomic E-state index is 11.6. The third kappa shape index (κ3) is 1.92. The Hall–Kier alpha value is -2.37. The van der Waals surface area contributed by atoms with E-state index >= 15 is 0 Å². The Kier molecular flexibility index (Phi) is 3.01. The number of esters is 1. The molecule has 0 aliphatic rings. The molecule has 0 saturated heterocycles. The predicted molar refractivity (Wildman–Crippen MR) is 62.6 cm³/mol. The number of pyridine rings is 1. The molecule has 0 fully saturated rings. The van der Waals surface area contributed by atoms with Crippen LogP contribution in [0.25, 0.3) is 5.52 Å². The van der Waals surface area contributed by atoms with E-state index in [2.05, 4.69) is 9.72 Å². The third-order valence-corrected chi connectivity index (χ3v) is 2.50. The van der Waals surface area contributed by atoms with Gasteiger partial charge in [0.15, 0.2) is 5.69 Å². The number of imidazole rings is 1. The molecule has 0 amide bonds. The highest BCUT2D eigenvalue weighted by molar-refractivity contribution is 5.97. The lowest BCUT2D eigenvalue weighted by Crippen LogP contribution is -2.03. The van der Waals surface area contributed by atoms with Crippen LogP contribution < -0.4 is 0 Å². The summed E-state index contributed by atoms with van der Waals surface area (Å²) in [5, 5.41) is 9.79. The number of carbonyl (C=O) groups is 2. The summed E-state index contributed by atoms with van der Waals surface area (Å²) in [6.07, 6.45) is 1.72. The Labute approximate surface area is 103 Å². The Bertz CT molecular complexity index is 630. The van der Waals surface area contributed by atoms with Gasteiger partial charge in [0, 0.05) is 6.20 Å². The molecule has 0 saturated carbocycles. The topological polar surface area (TPSA) is 80.9 Å². The van der Waals surface area contributed by atoms with E-state index in [0.29, 0.717) is 5.82 Å². The van der Waals surface area contributed by atoms with E-state index in [0.717, 1.165) is 0 Å². The van der Waals surface area contributed by atoms with Crippen molar-refractivity contribution in [1.29, 1.82) is 0 Å². The van der Waals surface area contributed by atoms with Gasteiger partial charge in [-0.05, 0) is 19.1 Å². The van der Waals surface area contributed by atoms with Crippen molar-refractivity contribution in [1.82, 2.24) is 9.38 Å². The molecule has 0 spiro atoms. The van der Waals surface area contributed by atoms with Crippen molar-refractivity contribution in [3.05, 3.63) is 29.8 Å². The van der Waals surface area contributed by atoms with E-state index in [1.54, 1.807) is 12.3 Å². The first kappa shape index (κ1) is 12.1. The van der Waals surface area contributed by atoms with Crippen LogP contribution in [0.15, 0.2) is 18.3 Å². The molecule has 94 valence electrons. The van der Waals surface area contributed by atoms with Gasteiger partial charge in [0.2, 0.25) is 0 Å². The first-order chi connectivity index (χ1) is 8.54. The number of nitrogens with zero attached hydrogens (tertiary/aromatic N) is 2. The van der Waals surface area contributed by atoms with Crippen LogP contribution in [0.1, 0.15) is 23.2 Å². The van der Waals surface area contributed by atoms with E-state index in [9.17, 15) is 14.7 Å². The molecule has 0 aliphatic carbocycles. The standard InChI is InChI=1S/C12H12N2O4/c1-7(15)6-9-13-10(12(17)18-2)11-8(16)4-3-5-14(9)11/h3-5,16H,6H2,1-2H3. The molecular formula is C12H12N2O4.